The van der Waals surface area contributed by atoms with Crippen molar-refractivity contribution in [3.63, 3.8) is 0 Å². The van der Waals surface area contributed by atoms with Crippen LogP contribution >= 0.6 is 0 Å². The Balaban J connectivity index is 2.00. The average Bonchev–Trinajstić information content (AvgIpc) is 3.09. The van der Waals surface area contributed by atoms with Crippen LogP contribution in [0.3, 0.4) is 0 Å². The summed E-state index contributed by atoms with van der Waals surface area (Å²) in [7, 11) is 0. The van der Waals surface area contributed by atoms with Crippen LogP contribution in [0.5, 0.6) is 0 Å². The second-order valence-electron chi connectivity index (χ2n) is 7.54. The molecular weight excluding hydrogens is 414 g/mol. The fraction of sp³-hybridized carbons (Fsp3) is 0.154. The first-order valence-corrected chi connectivity index (χ1v) is 10.7. The first-order valence-electron chi connectivity index (χ1n) is 10.7. The molecule has 4 aromatic rings. The summed E-state index contributed by atoms with van der Waals surface area (Å²) in [6.07, 6.45) is 6.69. The number of hydrogen-bond donors (Lipinski definition) is 0. The van der Waals surface area contributed by atoms with Crippen LogP contribution in [0.2, 0.25) is 0 Å². The lowest BCUT2D eigenvalue weighted by molar-refractivity contribution is 0.602. The van der Waals surface area contributed by atoms with Gasteiger partial charge in [0, 0.05) is 24.2 Å². The third-order valence-corrected chi connectivity index (χ3v) is 5.44. The summed E-state index contributed by atoms with van der Waals surface area (Å²) in [5.41, 5.74) is 2.40. The van der Waals surface area contributed by atoms with E-state index in [9.17, 15) is 9.59 Å². The van der Waals surface area contributed by atoms with E-state index >= 15 is 0 Å². The van der Waals surface area contributed by atoms with Gasteiger partial charge in [-0.1, -0.05) is 49.1 Å². The van der Waals surface area contributed by atoms with E-state index < -0.39 is 0 Å². The van der Waals surface area contributed by atoms with E-state index in [2.05, 4.69) is 16.6 Å². The zero-order valence-corrected chi connectivity index (χ0v) is 18.7. The van der Waals surface area contributed by atoms with Crippen LogP contribution in [0.15, 0.2) is 99.8 Å². The van der Waals surface area contributed by atoms with Crippen molar-refractivity contribution in [2.45, 2.75) is 26.9 Å². The maximum absolute atomic E-state index is 13.7. The van der Waals surface area contributed by atoms with Crippen molar-refractivity contribution in [2.24, 2.45) is 4.99 Å². The summed E-state index contributed by atoms with van der Waals surface area (Å²) in [6.45, 7) is 7.98. The fourth-order valence-corrected chi connectivity index (χ4v) is 3.96. The van der Waals surface area contributed by atoms with Crippen molar-refractivity contribution < 1.29 is 0 Å². The van der Waals surface area contributed by atoms with Crippen LogP contribution in [0.25, 0.3) is 16.7 Å². The van der Waals surface area contributed by atoms with Crippen LogP contribution in [-0.4, -0.2) is 25.1 Å². The predicted octanol–water partition coefficient (Wildman–Crippen LogP) is 3.87. The number of fused-ring (bicyclic) bond motifs is 1. The number of pyridine rings is 2. The molecule has 0 saturated heterocycles. The smallest absolute Gasteiger partial charge is 0.282 e. The Labute approximate surface area is 191 Å². The van der Waals surface area contributed by atoms with E-state index in [-0.39, 0.29) is 17.7 Å². The molecule has 33 heavy (non-hydrogen) atoms. The number of hydrogen-bond acceptors (Lipinski definition) is 4. The fourth-order valence-electron chi connectivity index (χ4n) is 3.96. The van der Waals surface area contributed by atoms with Gasteiger partial charge in [0.1, 0.15) is 0 Å². The molecule has 0 aliphatic rings. The van der Waals surface area contributed by atoms with Gasteiger partial charge in [-0.05, 0) is 37.6 Å². The molecule has 0 aliphatic heterocycles. The molecule has 0 amide bonds. The van der Waals surface area contributed by atoms with Crippen molar-refractivity contribution in [1.29, 1.82) is 0 Å². The van der Waals surface area contributed by atoms with Gasteiger partial charge in [0.15, 0.2) is 5.82 Å². The van der Waals surface area contributed by atoms with E-state index in [0.717, 1.165) is 5.56 Å². The Bertz CT molecular complexity index is 1470. The van der Waals surface area contributed by atoms with Crippen molar-refractivity contribution in [2.75, 3.05) is 0 Å². The maximum atomic E-state index is 13.7. The first kappa shape index (κ1) is 22.0. The van der Waals surface area contributed by atoms with Gasteiger partial charge >= 0.3 is 0 Å². The molecule has 0 N–H and O–H groups in total. The number of aryl methyl sites for hydroxylation is 1. The third-order valence-electron chi connectivity index (χ3n) is 5.44. The van der Waals surface area contributed by atoms with Crippen molar-refractivity contribution in [3.05, 3.63) is 117 Å². The molecular formula is C26H25N5O2. The third kappa shape index (κ3) is 4.25. The first-order chi connectivity index (χ1) is 16.0. The highest BCUT2D eigenvalue weighted by Gasteiger charge is 2.20. The Morgan fingerprint density at radius 3 is 2.55 bits per heavy atom. The van der Waals surface area contributed by atoms with Crippen LogP contribution in [0.4, 0.5) is 0 Å². The standard InChI is InChI=1S/C26H25N5O2/c1-4-11-21(27-5-2)18-29-19(3)25-22(16-24(29)32)30(17-20-12-7-6-8-13-20)31(26(25)33)23-14-9-10-15-28-23/h4-16H,1,17-18H2,2-3H3/b21-11-,27-5?. The lowest BCUT2D eigenvalue weighted by Crippen LogP contribution is -2.24. The van der Waals surface area contributed by atoms with E-state index in [1.165, 1.54) is 6.07 Å². The normalized spacial score (nSPS) is 12.0. The van der Waals surface area contributed by atoms with E-state index in [1.54, 1.807) is 52.9 Å². The molecule has 0 aliphatic carbocycles. The van der Waals surface area contributed by atoms with E-state index in [0.29, 0.717) is 34.7 Å². The number of aliphatic imine (C=N–C) groups is 1. The van der Waals surface area contributed by atoms with Gasteiger partial charge < -0.3 is 4.57 Å². The molecule has 0 radical (unpaired) electrons. The molecule has 7 nitrogen and oxygen atoms in total. The molecule has 4 rings (SSSR count). The topological polar surface area (TPSA) is 74.2 Å². The minimum absolute atomic E-state index is 0.207. The zero-order valence-electron chi connectivity index (χ0n) is 18.7. The monoisotopic (exact) mass is 439 g/mol. The van der Waals surface area contributed by atoms with Crippen LogP contribution in [-0.2, 0) is 13.1 Å². The van der Waals surface area contributed by atoms with Crippen molar-refractivity contribution in [1.82, 2.24) is 18.9 Å². The largest absolute Gasteiger partial charge is 0.306 e. The van der Waals surface area contributed by atoms with Gasteiger partial charge in [-0.25, -0.2) is 4.98 Å². The highest BCUT2D eigenvalue weighted by molar-refractivity contribution is 5.81. The quantitative estimate of drug-likeness (QED) is 0.324. The Kier molecular flexibility index (Phi) is 6.31. The van der Waals surface area contributed by atoms with Crippen molar-refractivity contribution in [3.8, 4) is 5.82 Å². The molecule has 0 fully saturated rings. The molecule has 0 saturated carbocycles. The highest BCUT2D eigenvalue weighted by Crippen LogP contribution is 2.19. The number of allylic oxidation sites excluding steroid dienone is 3. The SMILES string of the molecule is C=C/C=C(/Cn1c(C)c2c(=O)n(-c3ccccn3)n(Cc3ccccc3)c2cc1=O)N=CC. The Morgan fingerprint density at radius 1 is 1.12 bits per heavy atom. The van der Waals surface area contributed by atoms with Gasteiger partial charge in [0.2, 0.25) is 0 Å². The number of benzene rings is 1. The molecule has 0 spiro atoms. The molecule has 7 heteroatoms. The van der Waals surface area contributed by atoms with Gasteiger partial charge in [-0.3, -0.25) is 19.3 Å². The number of rotatable bonds is 7. The minimum Gasteiger partial charge on any atom is -0.306 e. The summed E-state index contributed by atoms with van der Waals surface area (Å²) >= 11 is 0. The lowest BCUT2D eigenvalue weighted by atomic mass is 10.2. The summed E-state index contributed by atoms with van der Waals surface area (Å²) in [5, 5.41) is 0.481. The van der Waals surface area contributed by atoms with E-state index in [1.807, 2.05) is 48.0 Å². The van der Waals surface area contributed by atoms with Crippen LogP contribution in [0, 0.1) is 6.92 Å². The molecule has 1 aromatic carbocycles. The molecule has 3 heterocycles. The average molecular weight is 440 g/mol. The van der Waals surface area contributed by atoms with Gasteiger partial charge in [-0.15, -0.1) is 0 Å². The van der Waals surface area contributed by atoms with Gasteiger partial charge in [0.05, 0.1) is 29.7 Å². The van der Waals surface area contributed by atoms with Crippen molar-refractivity contribution >= 4 is 17.1 Å². The molecule has 3 aromatic heterocycles. The highest BCUT2D eigenvalue weighted by atomic mass is 16.1. The summed E-state index contributed by atoms with van der Waals surface area (Å²) in [4.78, 5) is 35.6. The van der Waals surface area contributed by atoms with Crippen LogP contribution in [0.1, 0.15) is 18.2 Å². The van der Waals surface area contributed by atoms with Crippen LogP contribution < -0.4 is 11.1 Å². The Hall–Kier alpha value is -4.26. The van der Waals surface area contributed by atoms with Gasteiger partial charge in [-0.2, -0.15) is 4.68 Å². The second-order valence-corrected chi connectivity index (χ2v) is 7.54. The molecule has 0 unspecified atom stereocenters. The molecule has 0 atom stereocenters. The number of nitrogens with zero attached hydrogens (tertiary/aromatic N) is 5. The molecule has 0 bridgehead atoms. The predicted molar refractivity (Wildman–Crippen MR) is 132 cm³/mol. The second kappa shape index (κ2) is 9.48. The zero-order chi connectivity index (χ0) is 23.4. The Morgan fingerprint density at radius 2 is 1.88 bits per heavy atom. The number of aromatic nitrogens is 4. The molecule has 166 valence electrons. The minimum atomic E-state index is -0.223. The maximum Gasteiger partial charge on any atom is 0.282 e. The van der Waals surface area contributed by atoms with Gasteiger partial charge in [0.25, 0.3) is 11.1 Å². The lowest BCUT2D eigenvalue weighted by Gasteiger charge is -2.13. The van der Waals surface area contributed by atoms with E-state index in [4.69, 9.17) is 0 Å². The summed E-state index contributed by atoms with van der Waals surface area (Å²) in [5.74, 6) is 0.496. The summed E-state index contributed by atoms with van der Waals surface area (Å²) < 4.78 is 4.93. The summed E-state index contributed by atoms with van der Waals surface area (Å²) in [6, 6.07) is 16.8.